The van der Waals surface area contributed by atoms with Gasteiger partial charge in [0.2, 0.25) is 0 Å². The zero-order chi connectivity index (χ0) is 15.0. The lowest BCUT2D eigenvalue weighted by atomic mass is 9.87. The van der Waals surface area contributed by atoms with E-state index in [1.807, 2.05) is 0 Å². The van der Waals surface area contributed by atoms with Crippen molar-refractivity contribution < 1.29 is 27.1 Å². The van der Waals surface area contributed by atoms with Gasteiger partial charge in [-0.05, 0) is 28.9 Å². The van der Waals surface area contributed by atoms with E-state index in [1.54, 1.807) is 0 Å². The van der Waals surface area contributed by atoms with Gasteiger partial charge in [-0.25, -0.2) is 8.78 Å². The van der Waals surface area contributed by atoms with E-state index in [-0.39, 0.29) is 10.0 Å². The molecule has 2 atom stereocenters. The Hall–Kier alpha value is -0.730. The monoisotopic (exact) mass is 347 g/mol. The molecule has 1 aromatic rings. The van der Waals surface area contributed by atoms with Gasteiger partial charge in [-0.15, -0.1) is 0 Å². The van der Waals surface area contributed by atoms with Crippen molar-refractivity contribution >= 4 is 15.9 Å². The minimum absolute atomic E-state index is 0.123. The van der Waals surface area contributed by atoms with E-state index in [0.717, 1.165) is 13.0 Å². The molecule has 1 aromatic carbocycles. The lowest BCUT2D eigenvalue weighted by Gasteiger charge is -2.29. The molecule has 0 fully saturated rings. The van der Waals surface area contributed by atoms with Crippen molar-refractivity contribution in [3.05, 3.63) is 33.8 Å². The lowest BCUT2D eigenvalue weighted by Crippen LogP contribution is -2.42. The third kappa shape index (κ3) is 3.87. The Morgan fingerprint density at radius 1 is 1.26 bits per heavy atom. The zero-order valence-corrected chi connectivity index (χ0v) is 11.3. The molecule has 0 aromatic heterocycles. The number of halogens is 6. The highest BCUT2D eigenvalue weighted by Gasteiger charge is 2.42. The fourth-order valence-electron chi connectivity index (χ4n) is 1.59. The van der Waals surface area contributed by atoms with Crippen LogP contribution in [0.4, 0.5) is 22.0 Å². The van der Waals surface area contributed by atoms with Crippen LogP contribution in [0.15, 0.2) is 16.6 Å². The topological polar surface area (TPSA) is 46.2 Å². The van der Waals surface area contributed by atoms with Crippen LogP contribution in [0.1, 0.15) is 18.9 Å². The normalized spacial score (nSPS) is 17.1. The van der Waals surface area contributed by atoms with Gasteiger partial charge in [0.1, 0.15) is 11.6 Å². The van der Waals surface area contributed by atoms with E-state index >= 15 is 0 Å². The van der Waals surface area contributed by atoms with Gasteiger partial charge in [0, 0.05) is 23.6 Å². The maximum absolute atomic E-state index is 13.6. The maximum Gasteiger partial charge on any atom is 0.414 e. The molecule has 0 heterocycles. The summed E-state index contributed by atoms with van der Waals surface area (Å²) in [6.45, 7) is 1.13. The van der Waals surface area contributed by atoms with Crippen molar-refractivity contribution in [1.82, 2.24) is 0 Å². The van der Waals surface area contributed by atoms with Gasteiger partial charge < -0.3 is 10.8 Å². The Kier molecular flexibility index (Phi) is 4.58. The maximum atomic E-state index is 13.6. The highest BCUT2D eigenvalue weighted by Crippen LogP contribution is 2.33. The van der Waals surface area contributed by atoms with Gasteiger partial charge in [0.15, 0.2) is 6.10 Å². The molecule has 8 heteroatoms. The summed E-state index contributed by atoms with van der Waals surface area (Å²) in [6.07, 6.45) is -8.48. The minimum atomic E-state index is -4.85. The summed E-state index contributed by atoms with van der Waals surface area (Å²) in [5, 5.41) is 8.98. The van der Waals surface area contributed by atoms with Crippen molar-refractivity contribution in [3.63, 3.8) is 0 Å². The van der Waals surface area contributed by atoms with Crippen LogP contribution in [0.5, 0.6) is 0 Å². The average molecular weight is 348 g/mol. The predicted octanol–water partition coefficient (Wildman–Crippen LogP) is 3.21. The molecule has 0 aliphatic carbocycles. The Bertz CT molecular complexity index is 475. The average Bonchev–Trinajstić information content (AvgIpc) is 2.21. The summed E-state index contributed by atoms with van der Waals surface area (Å²) >= 11 is 2.80. The van der Waals surface area contributed by atoms with Crippen molar-refractivity contribution in [2.24, 2.45) is 5.73 Å². The largest absolute Gasteiger partial charge is 0.414 e. The van der Waals surface area contributed by atoms with Crippen LogP contribution in [-0.2, 0) is 5.54 Å². The number of alkyl halides is 3. The van der Waals surface area contributed by atoms with Gasteiger partial charge in [-0.2, -0.15) is 13.2 Å². The predicted molar refractivity (Wildman–Crippen MR) is 62.3 cm³/mol. The van der Waals surface area contributed by atoms with Crippen molar-refractivity contribution in [2.75, 3.05) is 0 Å². The summed E-state index contributed by atoms with van der Waals surface area (Å²) in [4.78, 5) is 0. The molecule has 0 unspecified atom stereocenters. The quantitative estimate of drug-likeness (QED) is 0.651. The van der Waals surface area contributed by atoms with Crippen LogP contribution in [-0.4, -0.2) is 17.4 Å². The molecule has 0 saturated heterocycles. The molecule has 0 saturated carbocycles. The van der Waals surface area contributed by atoms with Gasteiger partial charge in [-0.3, -0.25) is 0 Å². The highest BCUT2D eigenvalue weighted by atomic mass is 79.9. The number of aliphatic hydroxyl groups is 1. The van der Waals surface area contributed by atoms with Crippen LogP contribution in [0.2, 0.25) is 0 Å². The summed E-state index contributed by atoms with van der Waals surface area (Å²) in [6, 6.07) is 1.48. The first-order valence-electron chi connectivity index (χ1n) is 5.14. The van der Waals surface area contributed by atoms with Gasteiger partial charge in [-0.1, -0.05) is 0 Å². The molecule has 0 amide bonds. The number of hydrogen-bond donors (Lipinski definition) is 2. The summed E-state index contributed by atoms with van der Waals surface area (Å²) in [7, 11) is 0. The first kappa shape index (κ1) is 16.3. The number of hydrogen-bond acceptors (Lipinski definition) is 2. The molecule has 3 N–H and O–H groups in total. The van der Waals surface area contributed by atoms with Gasteiger partial charge in [0.05, 0.1) is 4.47 Å². The summed E-state index contributed by atoms with van der Waals surface area (Å²) < 4.78 is 63.3. The zero-order valence-electron chi connectivity index (χ0n) is 9.73. The highest BCUT2D eigenvalue weighted by molar-refractivity contribution is 9.10. The van der Waals surface area contributed by atoms with E-state index in [0.29, 0.717) is 6.07 Å². The molecule has 0 radical (unpaired) electrons. The smallest absolute Gasteiger partial charge is 0.384 e. The number of benzene rings is 1. The van der Waals surface area contributed by atoms with E-state index < -0.39 is 35.9 Å². The third-order valence-electron chi connectivity index (χ3n) is 2.62. The lowest BCUT2D eigenvalue weighted by molar-refractivity contribution is -0.209. The molecule has 2 nitrogen and oxygen atoms in total. The Balaban J connectivity index is 3.10. The van der Waals surface area contributed by atoms with Crippen molar-refractivity contribution in [3.8, 4) is 0 Å². The van der Waals surface area contributed by atoms with Crippen LogP contribution in [0.3, 0.4) is 0 Å². The molecule has 0 aliphatic heterocycles. The summed E-state index contributed by atoms with van der Waals surface area (Å²) in [5.41, 5.74) is 3.50. The van der Waals surface area contributed by atoms with E-state index in [9.17, 15) is 22.0 Å². The number of rotatable bonds is 3. The molecular formula is C11H11BrF5NO. The van der Waals surface area contributed by atoms with Gasteiger partial charge >= 0.3 is 6.18 Å². The number of aliphatic hydroxyl groups excluding tert-OH is 1. The second-order valence-corrected chi connectivity index (χ2v) is 5.28. The first-order chi connectivity index (χ1) is 8.45. The molecule has 0 spiro atoms. The Morgan fingerprint density at radius 3 is 2.26 bits per heavy atom. The van der Waals surface area contributed by atoms with Crippen LogP contribution in [0.25, 0.3) is 0 Å². The summed E-state index contributed by atoms with van der Waals surface area (Å²) in [5.74, 6) is -1.96. The fourth-order valence-corrected chi connectivity index (χ4v) is 1.93. The van der Waals surface area contributed by atoms with E-state index in [4.69, 9.17) is 10.8 Å². The molecule has 108 valence electrons. The minimum Gasteiger partial charge on any atom is -0.384 e. The standard InChI is InChI=1S/C11H11BrF5NO/c1-10(18,4-9(19)11(15,16)17)5-2-6(12)8(14)3-7(5)13/h2-3,9,19H,4,18H2,1H3/t9-,10-/m0/s1. The molecular weight excluding hydrogens is 337 g/mol. The fraction of sp³-hybridized carbons (Fsp3) is 0.455. The van der Waals surface area contributed by atoms with E-state index in [1.165, 1.54) is 0 Å². The molecule has 0 aliphatic rings. The third-order valence-corrected chi connectivity index (χ3v) is 3.23. The second-order valence-electron chi connectivity index (χ2n) is 4.43. The molecule has 1 rings (SSSR count). The Labute approximate surface area is 114 Å². The first-order valence-corrected chi connectivity index (χ1v) is 5.93. The van der Waals surface area contributed by atoms with Crippen LogP contribution < -0.4 is 5.73 Å². The second kappa shape index (κ2) is 5.34. The Morgan fingerprint density at radius 2 is 1.79 bits per heavy atom. The molecule has 19 heavy (non-hydrogen) atoms. The van der Waals surface area contributed by atoms with Crippen molar-refractivity contribution in [1.29, 1.82) is 0 Å². The van der Waals surface area contributed by atoms with Gasteiger partial charge in [0.25, 0.3) is 0 Å². The van der Waals surface area contributed by atoms with Crippen molar-refractivity contribution in [2.45, 2.75) is 31.2 Å². The number of nitrogens with two attached hydrogens (primary N) is 1. The molecule has 0 bridgehead atoms. The van der Waals surface area contributed by atoms with E-state index in [2.05, 4.69) is 15.9 Å². The van der Waals surface area contributed by atoms with Crippen LogP contribution in [0, 0.1) is 11.6 Å². The van der Waals surface area contributed by atoms with Crippen LogP contribution >= 0.6 is 15.9 Å². The SMILES string of the molecule is C[C@](N)(C[C@H](O)C(F)(F)F)c1cc(Br)c(F)cc1F.